The number of ether oxygens (including phenoxy) is 2. The van der Waals surface area contributed by atoms with Gasteiger partial charge < -0.3 is 19.2 Å². The molecular weight excluding hydrogens is 254 g/mol. The van der Waals surface area contributed by atoms with Gasteiger partial charge in [-0.15, -0.1) is 0 Å². The summed E-state index contributed by atoms with van der Waals surface area (Å²) in [4.78, 5) is 0. The summed E-state index contributed by atoms with van der Waals surface area (Å²) in [6.07, 6.45) is 2.66. The van der Waals surface area contributed by atoms with Gasteiger partial charge in [0.1, 0.15) is 12.4 Å². The minimum atomic E-state index is 0.468. The largest absolute Gasteiger partial charge is 0.493 e. The summed E-state index contributed by atoms with van der Waals surface area (Å²) < 4.78 is 16.6. The molecule has 1 aromatic carbocycles. The van der Waals surface area contributed by atoms with Gasteiger partial charge in [-0.25, -0.2) is 0 Å². The lowest BCUT2D eigenvalue weighted by Gasteiger charge is -2.12. The number of rotatable bonds is 7. The molecule has 0 aliphatic carbocycles. The van der Waals surface area contributed by atoms with E-state index in [1.807, 2.05) is 25.2 Å². The van der Waals surface area contributed by atoms with Crippen molar-refractivity contribution >= 4 is 0 Å². The third-order valence-corrected chi connectivity index (χ3v) is 3.19. The molecule has 20 heavy (non-hydrogen) atoms. The highest BCUT2D eigenvalue weighted by Crippen LogP contribution is 2.29. The molecule has 0 bridgehead atoms. The van der Waals surface area contributed by atoms with E-state index in [4.69, 9.17) is 13.9 Å². The normalized spacial score (nSPS) is 10.6. The fourth-order valence-corrected chi connectivity index (χ4v) is 2.02. The highest BCUT2D eigenvalue weighted by Gasteiger charge is 2.09. The zero-order valence-corrected chi connectivity index (χ0v) is 12.2. The van der Waals surface area contributed by atoms with E-state index in [0.717, 1.165) is 29.2 Å². The zero-order valence-electron chi connectivity index (χ0n) is 12.2. The van der Waals surface area contributed by atoms with Gasteiger partial charge in [0.15, 0.2) is 11.5 Å². The first kappa shape index (κ1) is 14.5. The number of methoxy groups -OCH3 is 1. The van der Waals surface area contributed by atoms with Crippen molar-refractivity contribution in [2.45, 2.75) is 26.5 Å². The first-order valence-corrected chi connectivity index (χ1v) is 6.78. The standard InChI is InChI=1S/C16H21NO3/c1-4-12-5-6-14(15(9-12)18-3)20-11-13-7-8-19-16(13)10-17-2/h5-9,17H,4,10-11H2,1-3H3. The van der Waals surface area contributed by atoms with Gasteiger partial charge in [0, 0.05) is 5.56 Å². The second-order valence-corrected chi connectivity index (χ2v) is 4.53. The Balaban J connectivity index is 2.08. The van der Waals surface area contributed by atoms with E-state index in [-0.39, 0.29) is 0 Å². The molecule has 0 spiro atoms. The Hall–Kier alpha value is -1.94. The average Bonchev–Trinajstić information content (AvgIpc) is 2.92. The number of hydrogen-bond donors (Lipinski definition) is 1. The van der Waals surface area contributed by atoms with E-state index in [1.165, 1.54) is 5.56 Å². The van der Waals surface area contributed by atoms with Gasteiger partial charge in [-0.3, -0.25) is 0 Å². The maximum atomic E-state index is 5.85. The molecule has 4 nitrogen and oxygen atoms in total. The summed E-state index contributed by atoms with van der Waals surface area (Å²) in [6.45, 7) is 3.28. The quantitative estimate of drug-likeness (QED) is 0.843. The molecule has 0 amide bonds. The van der Waals surface area contributed by atoms with Crippen molar-refractivity contribution in [2.75, 3.05) is 14.2 Å². The van der Waals surface area contributed by atoms with Crippen LogP contribution in [0.4, 0.5) is 0 Å². The maximum absolute atomic E-state index is 5.85. The average molecular weight is 275 g/mol. The van der Waals surface area contributed by atoms with Crippen LogP contribution in [0.1, 0.15) is 23.8 Å². The van der Waals surface area contributed by atoms with Crippen LogP contribution in [0.3, 0.4) is 0 Å². The molecular formula is C16H21NO3. The first-order valence-electron chi connectivity index (χ1n) is 6.78. The SMILES string of the molecule is CCc1ccc(OCc2ccoc2CNC)c(OC)c1. The third kappa shape index (κ3) is 3.33. The van der Waals surface area contributed by atoms with Crippen molar-refractivity contribution in [3.05, 3.63) is 47.4 Å². The molecule has 2 aromatic rings. The second kappa shape index (κ2) is 7.01. The van der Waals surface area contributed by atoms with E-state index in [0.29, 0.717) is 13.2 Å². The van der Waals surface area contributed by atoms with E-state index < -0.39 is 0 Å². The molecule has 1 N–H and O–H groups in total. The van der Waals surface area contributed by atoms with E-state index in [1.54, 1.807) is 13.4 Å². The van der Waals surface area contributed by atoms with Gasteiger partial charge in [-0.2, -0.15) is 0 Å². The third-order valence-electron chi connectivity index (χ3n) is 3.19. The molecule has 1 heterocycles. The maximum Gasteiger partial charge on any atom is 0.161 e. The molecule has 4 heteroatoms. The summed E-state index contributed by atoms with van der Waals surface area (Å²) in [5.41, 5.74) is 2.27. The smallest absolute Gasteiger partial charge is 0.161 e. The number of furan rings is 1. The van der Waals surface area contributed by atoms with Crippen LogP contribution >= 0.6 is 0 Å². The summed E-state index contributed by atoms with van der Waals surface area (Å²) in [5, 5.41) is 3.07. The Morgan fingerprint density at radius 3 is 2.75 bits per heavy atom. The van der Waals surface area contributed by atoms with Gasteiger partial charge >= 0.3 is 0 Å². The Bertz CT molecular complexity index is 548. The van der Waals surface area contributed by atoms with Crippen molar-refractivity contribution in [2.24, 2.45) is 0 Å². The predicted octanol–water partition coefficient (Wildman–Crippen LogP) is 3.15. The highest BCUT2D eigenvalue weighted by molar-refractivity contribution is 5.43. The van der Waals surface area contributed by atoms with Crippen LogP contribution in [0.2, 0.25) is 0 Å². The van der Waals surface area contributed by atoms with Crippen LogP contribution in [0.5, 0.6) is 11.5 Å². The summed E-state index contributed by atoms with van der Waals surface area (Å²) in [5.74, 6) is 2.42. The van der Waals surface area contributed by atoms with Crippen molar-refractivity contribution in [1.82, 2.24) is 5.32 Å². The monoisotopic (exact) mass is 275 g/mol. The number of aryl methyl sites for hydroxylation is 1. The number of nitrogens with one attached hydrogen (secondary N) is 1. The molecule has 0 radical (unpaired) electrons. The van der Waals surface area contributed by atoms with E-state index >= 15 is 0 Å². The topological polar surface area (TPSA) is 43.6 Å². The molecule has 1 aromatic heterocycles. The van der Waals surface area contributed by atoms with Gasteiger partial charge in [0.25, 0.3) is 0 Å². The second-order valence-electron chi connectivity index (χ2n) is 4.53. The summed E-state index contributed by atoms with van der Waals surface area (Å²) >= 11 is 0. The minimum absolute atomic E-state index is 0.468. The molecule has 0 unspecified atom stereocenters. The highest BCUT2D eigenvalue weighted by atomic mass is 16.5. The van der Waals surface area contributed by atoms with E-state index in [2.05, 4.69) is 18.3 Å². The fraction of sp³-hybridized carbons (Fsp3) is 0.375. The minimum Gasteiger partial charge on any atom is -0.493 e. The number of benzene rings is 1. The molecule has 2 rings (SSSR count). The lowest BCUT2D eigenvalue weighted by molar-refractivity contribution is 0.281. The Kier molecular flexibility index (Phi) is 5.07. The molecule has 0 fully saturated rings. The Morgan fingerprint density at radius 1 is 1.20 bits per heavy atom. The molecule has 108 valence electrons. The van der Waals surface area contributed by atoms with Crippen LogP contribution in [0, 0.1) is 0 Å². The van der Waals surface area contributed by atoms with Crippen molar-refractivity contribution in [1.29, 1.82) is 0 Å². The van der Waals surface area contributed by atoms with Crippen LogP contribution in [0.25, 0.3) is 0 Å². The van der Waals surface area contributed by atoms with Crippen LogP contribution in [-0.4, -0.2) is 14.2 Å². The van der Waals surface area contributed by atoms with Gasteiger partial charge in [0.05, 0.1) is 19.9 Å². The zero-order chi connectivity index (χ0) is 14.4. The Labute approximate surface area is 119 Å². The lowest BCUT2D eigenvalue weighted by atomic mass is 10.1. The number of hydrogen-bond acceptors (Lipinski definition) is 4. The molecule has 0 aliphatic rings. The molecule has 0 saturated carbocycles. The van der Waals surface area contributed by atoms with Crippen molar-refractivity contribution in [3.63, 3.8) is 0 Å². The van der Waals surface area contributed by atoms with Crippen molar-refractivity contribution in [3.8, 4) is 11.5 Å². The fourth-order valence-electron chi connectivity index (χ4n) is 2.02. The molecule has 0 saturated heterocycles. The van der Waals surface area contributed by atoms with E-state index in [9.17, 15) is 0 Å². The molecule has 0 aliphatic heterocycles. The van der Waals surface area contributed by atoms with Crippen LogP contribution in [0.15, 0.2) is 34.9 Å². The summed E-state index contributed by atoms with van der Waals surface area (Å²) in [6, 6.07) is 7.95. The van der Waals surface area contributed by atoms with Gasteiger partial charge in [0.2, 0.25) is 0 Å². The van der Waals surface area contributed by atoms with Gasteiger partial charge in [-0.1, -0.05) is 13.0 Å². The van der Waals surface area contributed by atoms with Crippen LogP contribution < -0.4 is 14.8 Å². The predicted molar refractivity (Wildman–Crippen MR) is 78.2 cm³/mol. The lowest BCUT2D eigenvalue weighted by Crippen LogP contribution is -2.07. The summed E-state index contributed by atoms with van der Waals surface area (Å²) in [7, 11) is 3.55. The van der Waals surface area contributed by atoms with Crippen LogP contribution in [-0.2, 0) is 19.6 Å². The van der Waals surface area contributed by atoms with Crippen molar-refractivity contribution < 1.29 is 13.9 Å². The first-order chi connectivity index (χ1) is 9.78. The molecule has 0 atom stereocenters. The van der Waals surface area contributed by atoms with Gasteiger partial charge in [-0.05, 0) is 37.2 Å². The Morgan fingerprint density at radius 2 is 2.05 bits per heavy atom.